The van der Waals surface area contributed by atoms with E-state index in [1.807, 2.05) is 13.8 Å². The van der Waals surface area contributed by atoms with Gasteiger partial charge in [-0.2, -0.15) is 0 Å². The fraction of sp³-hybridized carbons (Fsp3) is 0.429. The van der Waals surface area contributed by atoms with Crippen molar-refractivity contribution < 1.29 is 14.0 Å². The molecule has 0 aliphatic rings. The van der Waals surface area contributed by atoms with Crippen molar-refractivity contribution in [3.63, 3.8) is 0 Å². The number of nitrogens with one attached hydrogen (secondary N) is 1. The van der Waals surface area contributed by atoms with Crippen LogP contribution in [0.4, 0.5) is 10.1 Å². The molecule has 3 N–H and O–H groups in total. The molecule has 110 valence electrons. The lowest BCUT2D eigenvalue weighted by Crippen LogP contribution is -2.41. The number of hydrogen-bond acceptors (Lipinski definition) is 3. The molecular weight excluding hydrogens is 261 g/mol. The number of para-hydroxylation sites is 1. The minimum absolute atomic E-state index is 0.0919. The molecule has 1 unspecified atom stereocenters. The van der Waals surface area contributed by atoms with Crippen molar-refractivity contribution in [2.75, 3.05) is 18.4 Å². The van der Waals surface area contributed by atoms with Crippen LogP contribution in [0.3, 0.4) is 0 Å². The van der Waals surface area contributed by atoms with E-state index in [-0.39, 0.29) is 18.0 Å². The smallest absolute Gasteiger partial charge is 0.240 e. The van der Waals surface area contributed by atoms with Crippen LogP contribution in [0.25, 0.3) is 0 Å². The topological polar surface area (TPSA) is 75.4 Å². The molecule has 2 amide bonds. The van der Waals surface area contributed by atoms with Gasteiger partial charge in [0.2, 0.25) is 11.8 Å². The molecule has 0 heterocycles. The quantitative estimate of drug-likeness (QED) is 0.792. The van der Waals surface area contributed by atoms with Crippen LogP contribution in [0.1, 0.15) is 20.3 Å². The van der Waals surface area contributed by atoms with Crippen molar-refractivity contribution in [2.45, 2.75) is 26.3 Å². The Kier molecular flexibility index (Phi) is 5.96. The summed E-state index contributed by atoms with van der Waals surface area (Å²) in [4.78, 5) is 25.0. The number of benzene rings is 1. The lowest BCUT2D eigenvalue weighted by Gasteiger charge is -2.22. The number of carbonyl (C=O) groups is 2. The maximum atomic E-state index is 13.5. The summed E-state index contributed by atoms with van der Waals surface area (Å²) in [6, 6.07) is 5.01. The van der Waals surface area contributed by atoms with Crippen LogP contribution in [-0.4, -0.2) is 35.8 Å². The zero-order chi connectivity index (χ0) is 15.1. The summed E-state index contributed by atoms with van der Waals surface area (Å²) < 4.78 is 13.5. The van der Waals surface area contributed by atoms with Crippen LogP contribution in [0.5, 0.6) is 0 Å². The zero-order valence-electron chi connectivity index (χ0n) is 11.7. The van der Waals surface area contributed by atoms with Gasteiger partial charge in [0.25, 0.3) is 0 Å². The minimum Gasteiger partial charge on any atom is -0.371 e. The predicted octanol–water partition coefficient (Wildman–Crippen LogP) is 1.35. The zero-order valence-corrected chi connectivity index (χ0v) is 11.7. The summed E-state index contributed by atoms with van der Waals surface area (Å²) in [6.07, 6.45) is -0.0919. The van der Waals surface area contributed by atoms with Crippen LogP contribution in [0, 0.1) is 5.82 Å². The molecule has 0 fully saturated rings. The summed E-state index contributed by atoms with van der Waals surface area (Å²) in [5.41, 5.74) is 5.43. The fourth-order valence-corrected chi connectivity index (χ4v) is 1.87. The summed E-state index contributed by atoms with van der Waals surface area (Å²) in [7, 11) is 0. The summed E-state index contributed by atoms with van der Waals surface area (Å²) >= 11 is 0. The Balaban J connectivity index is 2.78. The highest BCUT2D eigenvalue weighted by Gasteiger charge is 2.22. The third kappa shape index (κ3) is 4.22. The first kappa shape index (κ1) is 15.9. The van der Waals surface area contributed by atoms with Gasteiger partial charge in [-0.15, -0.1) is 0 Å². The van der Waals surface area contributed by atoms with Gasteiger partial charge in [-0.25, -0.2) is 4.39 Å². The molecular formula is C14H20FN3O2. The van der Waals surface area contributed by atoms with Crippen LogP contribution >= 0.6 is 0 Å². The highest BCUT2D eigenvalue weighted by molar-refractivity contribution is 5.89. The van der Waals surface area contributed by atoms with E-state index in [2.05, 4.69) is 5.32 Å². The van der Waals surface area contributed by atoms with Gasteiger partial charge in [0.1, 0.15) is 11.9 Å². The van der Waals surface area contributed by atoms with E-state index in [4.69, 9.17) is 5.73 Å². The van der Waals surface area contributed by atoms with Gasteiger partial charge in [-0.05, 0) is 26.0 Å². The van der Waals surface area contributed by atoms with Crippen molar-refractivity contribution >= 4 is 17.5 Å². The van der Waals surface area contributed by atoms with E-state index in [9.17, 15) is 14.0 Å². The normalized spacial score (nSPS) is 11.8. The second kappa shape index (κ2) is 7.47. The Hall–Kier alpha value is -2.11. The summed E-state index contributed by atoms with van der Waals surface area (Å²) in [6.45, 7) is 4.82. The van der Waals surface area contributed by atoms with Gasteiger partial charge in [-0.3, -0.25) is 9.59 Å². The molecule has 6 heteroatoms. The number of nitrogens with two attached hydrogens (primary N) is 1. The molecule has 1 atom stereocenters. The van der Waals surface area contributed by atoms with Crippen LogP contribution in [0.15, 0.2) is 24.3 Å². The summed E-state index contributed by atoms with van der Waals surface area (Å²) in [5, 5.41) is 2.68. The highest BCUT2D eigenvalue weighted by Crippen LogP contribution is 2.15. The number of rotatable bonds is 7. The molecule has 1 aromatic carbocycles. The molecule has 0 radical (unpaired) electrons. The van der Waals surface area contributed by atoms with E-state index in [1.165, 1.54) is 12.1 Å². The van der Waals surface area contributed by atoms with Crippen molar-refractivity contribution in [1.82, 2.24) is 4.90 Å². The van der Waals surface area contributed by atoms with Crippen molar-refractivity contribution in [3.8, 4) is 0 Å². The highest BCUT2D eigenvalue weighted by atomic mass is 19.1. The van der Waals surface area contributed by atoms with Gasteiger partial charge < -0.3 is 16.0 Å². The Bertz CT molecular complexity index is 475. The maximum absolute atomic E-state index is 13.5. The molecule has 0 aliphatic heterocycles. The van der Waals surface area contributed by atoms with Gasteiger partial charge in [0.15, 0.2) is 0 Å². The van der Waals surface area contributed by atoms with E-state index < -0.39 is 17.8 Å². The molecule has 20 heavy (non-hydrogen) atoms. The SMILES string of the molecule is CCN(CC)C(=O)CC(Nc1ccccc1F)C(N)=O. The predicted molar refractivity (Wildman–Crippen MR) is 75.6 cm³/mol. The molecule has 0 aliphatic carbocycles. The van der Waals surface area contributed by atoms with Crippen LogP contribution < -0.4 is 11.1 Å². The van der Waals surface area contributed by atoms with E-state index >= 15 is 0 Å². The van der Waals surface area contributed by atoms with E-state index in [0.717, 1.165) is 0 Å². The van der Waals surface area contributed by atoms with Crippen molar-refractivity contribution in [2.24, 2.45) is 5.73 Å². The Labute approximate surface area is 117 Å². The number of hydrogen-bond donors (Lipinski definition) is 2. The lowest BCUT2D eigenvalue weighted by molar-refractivity contribution is -0.133. The average molecular weight is 281 g/mol. The van der Waals surface area contributed by atoms with Crippen LogP contribution in [-0.2, 0) is 9.59 Å². The average Bonchev–Trinajstić information content (AvgIpc) is 2.41. The second-order valence-corrected chi connectivity index (χ2v) is 4.35. The lowest BCUT2D eigenvalue weighted by atomic mass is 10.1. The Morgan fingerprint density at radius 3 is 2.40 bits per heavy atom. The number of primary amides is 1. The first-order valence-corrected chi connectivity index (χ1v) is 6.57. The van der Waals surface area contributed by atoms with Gasteiger partial charge in [-0.1, -0.05) is 12.1 Å². The monoisotopic (exact) mass is 281 g/mol. The molecule has 0 saturated carbocycles. The van der Waals surface area contributed by atoms with Gasteiger partial charge in [0, 0.05) is 13.1 Å². The third-order valence-corrected chi connectivity index (χ3v) is 3.04. The fourth-order valence-electron chi connectivity index (χ4n) is 1.87. The summed E-state index contributed by atoms with van der Waals surface area (Å²) in [5.74, 6) is -1.37. The maximum Gasteiger partial charge on any atom is 0.240 e. The molecule has 0 aromatic heterocycles. The number of anilines is 1. The molecule has 0 spiro atoms. The van der Waals surface area contributed by atoms with Crippen molar-refractivity contribution in [1.29, 1.82) is 0 Å². The number of carbonyl (C=O) groups excluding carboxylic acids is 2. The molecule has 1 aromatic rings. The third-order valence-electron chi connectivity index (χ3n) is 3.04. The van der Waals surface area contributed by atoms with E-state index in [0.29, 0.717) is 13.1 Å². The molecule has 0 bridgehead atoms. The number of amides is 2. The second-order valence-electron chi connectivity index (χ2n) is 4.35. The standard InChI is InChI=1S/C14H20FN3O2/c1-3-18(4-2)13(19)9-12(14(16)20)17-11-8-6-5-7-10(11)15/h5-8,12,17H,3-4,9H2,1-2H3,(H2,16,20). The number of nitrogens with zero attached hydrogens (tertiary/aromatic N) is 1. The van der Waals surface area contributed by atoms with Crippen LogP contribution in [0.2, 0.25) is 0 Å². The minimum atomic E-state index is -0.931. The molecule has 1 rings (SSSR count). The molecule has 5 nitrogen and oxygen atoms in total. The largest absolute Gasteiger partial charge is 0.371 e. The first-order chi connectivity index (χ1) is 9.49. The number of halogens is 1. The first-order valence-electron chi connectivity index (χ1n) is 6.57. The van der Waals surface area contributed by atoms with E-state index in [1.54, 1.807) is 17.0 Å². The van der Waals surface area contributed by atoms with Gasteiger partial charge in [0.05, 0.1) is 12.1 Å². The molecule has 0 saturated heterocycles. The van der Waals surface area contributed by atoms with Crippen molar-refractivity contribution in [3.05, 3.63) is 30.1 Å². The van der Waals surface area contributed by atoms with Gasteiger partial charge >= 0.3 is 0 Å². The Morgan fingerprint density at radius 1 is 1.30 bits per heavy atom. The Morgan fingerprint density at radius 2 is 1.90 bits per heavy atom.